The number of carbonyl (C=O) groups excluding carboxylic acids is 4. The van der Waals surface area contributed by atoms with Gasteiger partial charge in [0.15, 0.2) is 18.3 Å². The normalized spacial score (nSPS) is 28.2. The van der Waals surface area contributed by atoms with Gasteiger partial charge in [-0.15, -0.1) is 0 Å². The molecule has 0 aromatic carbocycles. The van der Waals surface area contributed by atoms with Crippen molar-refractivity contribution < 1.29 is 42.9 Å². The molecule has 5 atom stereocenters. The van der Waals surface area contributed by atoms with Gasteiger partial charge in [-0.1, -0.05) is 13.8 Å². The Morgan fingerprint density at radius 1 is 0.769 bits per heavy atom. The van der Waals surface area contributed by atoms with Gasteiger partial charge in [-0.05, 0) is 5.92 Å². The maximum Gasteiger partial charge on any atom is 0.303 e. The van der Waals surface area contributed by atoms with Crippen molar-refractivity contribution in [3.63, 3.8) is 0 Å². The van der Waals surface area contributed by atoms with Gasteiger partial charge in [0.2, 0.25) is 0 Å². The van der Waals surface area contributed by atoms with E-state index in [2.05, 4.69) is 0 Å². The molecule has 1 rings (SSSR count). The van der Waals surface area contributed by atoms with E-state index >= 15 is 0 Å². The van der Waals surface area contributed by atoms with Crippen LogP contribution >= 0.6 is 0 Å². The van der Waals surface area contributed by atoms with Gasteiger partial charge in [0, 0.05) is 27.7 Å². The van der Waals surface area contributed by atoms with Crippen molar-refractivity contribution in [3.05, 3.63) is 0 Å². The third kappa shape index (κ3) is 6.29. The Balaban J connectivity index is 3.27. The van der Waals surface area contributed by atoms with Crippen molar-refractivity contribution in [2.75, 3.05) is 6.61 Å². The van der Waals surface area contributed by atoms with Crippen molar-refractivity contribution in [1.82, 2.24) is 0 Å². The quantitative estimate of drug-likeness (QED) is 0.491. The zero-order valence-electron chi connectivity index (χ0n) is 15.8. The summed E-state index contributed by atoms with van der Waals surface area (Å²) in [6, 6.07) is 0. The lowest BCUT2D eigenvalue weighted by Crippen LogP contribution is -2.63. The first-order valence-electron chi connectivity index (χ1n) is 8.33. The fourth-order valence-electron chi connectivity index (χ4n) is 2.80. The minimum atomic E-state index is -1.10. The summed E-state index contributed by atoms with van der Waals surface area (Å²) >= 11 is 0. The Morgan fingerprint density at radius 3 is 1.65 bits per heavy atom. The highest BCUT2D eigenvalue weighted by Crippen LogP contribution is 2.32. The van der Waals surface area contributed by atoms with Crippen LogP contribution in [0.15, 0.2) is 0 Å². The summed E-state index contributed by atoms with van der Waals surface area (Å²) in [7, 11) is 0. The SMILES string of the molecule is CC(=O)OC[C@H]1O[C@@H](C(C)C)[C@H](OC(C)=O)[C@@H](OC(C)=O)[C@@H]1OC(C)=O. The van der Waals surface area contributed by atoms with Crippen LogP contribution in [-0.2, 0) is 42.9 Å². The standard InChI is InChI=1S/C17H26O9/c1-8(2)14-16(24-11(5)20)17(25-12(6)21)15(23-10(4)19)13(26-14)7-22-9(3)18/h8,13-17H,7H2,1-6H3/t13-,14+,15-,16+,17+/m1/s1. The Labute approximate surface area is 152 Å². The molecule has 0 bridgehead atoms. The van der Waals surface area contributed by atoms with E-state index in [4.69, 9.17) is 23.7 Å². The van der Waals surface area contributed by atoms with E-state index < -0.39 is 54.4 Å². The van der Waals surface area contributed by atoms with Crippen molar-refractivity contribution >= 4 is 23.9 Å². The van der Waals surface area contributed by atoms with Gasteiger partial charge in [0.25, 0.3) is 0 Å². The fourth-order valence-corrected chi connectivity index (χ4v) is 2.80. The van der Waals surface area contributed by atoms with Gasteiger partial charge in [-0.3, -0.25) is 19.2 Å². The smallest absolute Gasteiger partial charge is 0.303 e. The fraction of sp³-hybridized carbons (Fsp3) is 0.765. The van der Waals surface area contributed by atoms with Gasteiger partial charge in [-0.25, -0.2) is 0 Å². The highest BCUT2D eigenvalue weighted by molar-refractivity contribution is 5.68. The molecular formula is C17H26O9. The van der Waals surface area contributed by atoms with Crippen LogP contribution in [0.1, 0.15) is 41.5 Å². The number of esters is 4. The topological polar surface area (TPSA) is 114 Å². The van der Waals surface area contributed by atoms with Gasteiger partial charge in [0.05, 0.1) is 0 Å². The van der Waals surface area contributed by atoms with Crippen LogP contribution < -0.4 is 0 Å². The zero-order valence-corrected chi connectivity index (χ0v) is 15.8. The van der Waals surface area contributed by atoms with Gasteiger partial charge < -0.3 is 23.7 Å². The van der Waals surface area contributed by atoms with Crippen LogP contribution in [0.2, 0.25) is 0 Å². The highest BCUT2D eigenvalue weighted by Gasteiger charge is 2.52. The first-order chi connectivity index (χ1) is 12.0. The average Bonchev–Trinajstić information content (AvgIpc) is 2.47. The van der Waals surface area contributed by atoms with Gasteiger partial charge in [0.1, 0.15) is 18.8 Å². The second kappa shape index (κ2) is 9.51. The largest absolute Gasteiger partial charge is 0.463 e. The first kappa shape index (κ1) is 21.9. The second-order valence-corrected chi connectivity index (χ2v) is 6.41. The van der Waals surface area contributed by atoms with E-state index in [1.807, 2.05) is 13.8 Å². The first-order valence-corrected chi connectivity index (χ1v) is 8.33. The molecule has 0 amide bonds. The summed E-state index contributed by atoms with van der Waals surface area (Å²) in [5.41, 5.74) is 0. The molecular weight excluding hydrogens is 348 g/mol. The molecule has 0 aromatic rings. The van der Waals surface area contributed by atoms with Crippen LogP contribution in [-0.4, -0.2) is 61.0 Å². The van der Waals surface area contributed by atoms with E-state index in [9.17, 15) is 19.2 Å². The highest BCUT2D eigenvalue weighted by atomic mass is 16.7. The summed E-state index contributed by atoms with van der Waals surface area (Å²) in [6.07, 6.45) is -4.71. The second-order valence-electron chi connectivity index (χ2n) is 6.41. The summed E-state index contributed by atoms with van der Waals surface area (Å²) in [5.74, 6) is -2.55. The third-order valence-corrected chi connectivity index (χ3v) is 3.68. The summed E-state index contributed by atoms with van der Waals surface area (Å²) < 4.78 is 26.8. The molecule has 0 spiro atoms. The predicted molar refractivity (Wildman–Crippen MR) is 86.8 cm³/mol. The summed E-state index contributed by atoms with van der Waals surface area (Å²) in [4.78, 5) is 45.8. The minimum absolute atomic E-state index is 0.129. The van der Waals surface area contributed by atoms with Crippen LogP contribution in [0, 0.1) is 5.92 Å². The van der Waals surface area contributed by atoms with E-state index in [1.165, 1.54) is 27.7 Å². The Kier molecular flexibility index (Phi) is 8.01. The molecule has 0 N–H and O–H groups in total. The molecule has 1 fully saturated rings. The monoisotopic (exact) mass is 374 g/mol. The molecule has 0 aliphatic carbocycles. The number of ether oxygens (including phenoxy) is 5. The van der Waals surface area contributed by atoms with E-state index in [0.29, 0.717) is 0 Å². The lowest BCUT2D eigenvalue weighted by Gasteiger charge is -2.45. The van der Waals surface area contributed by atoms with Crippen LogP contribution in [0.4, 0.5) is 0 Å². The van der Waals surface area contributed by atoms with E-state index in [1.54, 1.807) is 0 Å². The summed E-state index contributed by atoms with van der Waals surface area (Å²) in [5, 5.41) is 0. The Morgan fingerprint density at radius 2 is 1.23 bits per heavy atom. The number of carbonyl (C=O) groups is 4. The van der Waals surface area contributed by atoms with Gasteiger partial charge >= 0.3 is 23.9 Å². The Hall–Kier alpha value is -2.16. The summed E-state index contributed by atoms with van der Waals surface area (Å²) in [6.45, 7) is 8.28. The van der Waals surface area contributed by atoms with Crippen molar-refractivity contribution in [2.24, 2.45) is 5.92 Å². The van der Waals surface area contributed by atoms with E-state index in [0.717, 1.165) is 0 Å². The molecule has 0 aromatic heterocycles. The molecule has 1 aliphatic heterocycles. The molecule has 1 aliphatic rings. The third-order valence-electron chi connectivity index (χ3n) is 3.68. The molecule has 0 radical (unpaired) electrons. The molecule has 9 nitrogen and oxygen atoms in total. The molecule has 9 heteroatoms. The van der Waals surface area contributed by atoms with Crippen LogP contribution in [0.25, 0.3) is 0 Å². The lowest BCUT2D eigenvalue weighted by molar-refractivity contribution is -0.258. The maximum atomic E-state index is 11.6. The van der Waals surface area contributed by atoms with Gasteiger partial charge in [-0.2, -0.15) is 0 Å². The predicted octanol–water partition coefficient (Wildman–Crippen LogP) is 0.768. The van der Waals surface area contributed by atoms with Crippen molar-refractivity contribution in [2.45, 2.75) is 72.1 Å². The van der Waals surface area contributed by atoms with Crippen LogP contribution in [0.3, 0.4) is 0 Å². The number of hydrogen-bond acceptors (Lipinski definition) is 9. The lowest BCUT2D eigenvalue weighted by atomic mass is 9.89. The van der Waals surface area contributed by atoms with Crippen molar-refractivity contribution in [3.8, 4) is 0 Å². The number of rotatable bonds is 6. The number of hydrogen-bond donors (Lipinski definition) is 0. The molecule has 1 saturated heterocycles. The van der Waals surface area contributed by atoms with Crippen molar-refractivity contribution in [1.29, 1.82) is 0 Å². The Bertz CT molecular complexity index is 542. The molecule has 0 unspecified atom stereocenters. The molecule has 1 heterocycles. The minimum Gasteiger partial charge on any atom is -0.463 e. The average molecular weight is 374 g/mol. The van der Waals surface area contributed by atoms with E-state index in [-0.39, 0.29) is 12.5 Å². The zero-order chi connectivity index (χ0) is 20.0. The molecule has 0 saturated carbocycles. The molecule has 26 heavy (non-hydrogen) atoms. The maximum absolute atomic E-state index is 11.6. The van der Waals surface area contributed by atoms with Crippen LogP contribution in [0.5, 0.6) is 0 Å². The molecule has 148 valence electrons.